The number of furan rings is 1. The average molecular weight is 445 g/mol. The van der Waals surface area contributed by atoms with E-state index >= 15 is 0 Å². The summed E-state index contributed by atoms with van der Waals surface area (Å²) in [5.41, 5.74) is 5.00. The molecule has 0 aliphatic rings. The third-order valence-corrected chi connectivity index (χ3v) is 5.96. The number of aliphatic carboxylic acids is 1. The fourth-order valence-electron chi connectivity index (χ4n) is 4.19. The van der Waals surface area contributed by atoms with Gasteiger partial charge in [0.1, 0.15) is 17.4 Å². The number of carbonyl (C=O) groups excluding carboxylic acids is 1. The van der Waals surface area contributed by atoms with E-state index < -0.39 is 17.9 Å². The molecule has 6 nitrogen and oxygen atoms in total. The first-order valence-electron chi connectivity index (χ1n) is 11.0. The van der Waals surface area contributed by atoms with E-state index in [1.807, 2.05) is 60.9 Å². The van der Waals surface area contributed by atoms with Gasteiger partial charge in [0.2, 0.25) is 0 Å². The number of carboxylic acid groups (broad SMARTS) is 1. The van der Waals surface area contributed by atoms with Crippen molar-refractivity contribution in [3.63, 3.8) is 0 Å². The van der Waals surface area contributed by atoms with Gasteiger partial charge in [0.05, 0.1) is 5.56 Å². The van der Waals surface area contributed by atoms with Crippen LogP contribution in [0.3, 0.4) is 0 Å². The molecule has 4 aromatic rings. The molecule has 0 aliphatic carbocycles. The van der Waals surface area contributed by atoms with E-state index in [9.17, 15) is 14.7 Å². The second-order valence-corrected chi connectivity index (χ2v) is 8.69. The van der Waals surface area contributed by atoms with Crippen LogP contribution in [0.5, 0.6) is 0 Å². The fourth-order valence-corrected chi connectivity index (χ4v) is 4.19. The molecule has 1 unspecified atom stereocenters. The monoisotopic (exact) mass is 444 g/mol. The molecular weight excluding hydrogens is 416 g/mol. The van der Waals surface area contributed by atoms with Gasteiger partial charge in [-0.15, -0.1) is 0 Å². The Labute approximate surface area is 192 Å². The van der Waals surface area contributed by atoms with Crippen molar-refractivity contribution < 1.29 is 19.1 Å². The number of para-hydroxylation sites is 1. The van der Waals surface area contributed by atoms with Crippen molar-refractivity contribution in [1.82, 2.24) is 9.88 Å². The van der Waals surface area contributed by atoms with Gasteiger partial charge < -0.3 is 19.4 Å². The Bertz CT molecular complexity index is 1300. The van der Waals surface area contributed by atoms with Crippen LogP contribution in [0.15, 0.2) is 65.1 Å². The van der Waals surface area contributed by atoms with Crippen LogP contribution in [0.25, 0.3) is 16.7 Å². The van der Waals surface area contributed by atoms with E-state index in [1.54, 1.807) is 6.07 Å². The molecule has 170 valence electrons. The van der Waals surface area contributed by atoms with Gasteiger partial charge in [-0.05, 0) is 55.7 Å². The van der Waals surface area contributed by atoms with Gasteiger partial charge in [-0.1, -0.05) is 44.2 Å². The Morgan fingerprint density at radius 3 is 2.48 bits per heavy atom. The highest BCUT2D eigenvalue weighted by molar-refractivity contribution is 5.98. The maximum atomic E-state index is 13.1. The number of benzene rings is 2. The highest BCUT2D eigenvalue weighted by atomic mass is 16.4. The lowest BCUT2D eigenvalue weighted by atomic mass is 10.0. The Hall–Kier alpha value is -3.80. The maximum absolute atomic E-state index is 13.1. The minimum atomic E-state index is -1.11. The number of nitrogens with one attached hydrogen (secondary N) is 1. The zero-order valence-corrected chi connectivity index (χ0v) is 19.3. The molecule has 0 bridgehead atoms. The molecule has 0 spiro atoms. The quantitative estimate of drug-likeness (QED) is 0.400. The summed E-state index contributed by atoms with van der Waals surface area (Å²) in [5.74, 6) is -0.626. The van der Waals surface area contributed by atoms with Gasteiger partial charge in [0, 0.05) is 28.9 Å². The smallest absolute Gasteiger partial charge is 0.326 e. The van der Waals surface area contributed by atoms with Crippen LogP contribution >= 0.6 is 0 Å². The molecule has 2 N–H and O–H groups in total. The summed E-state index contributed by atoms with van der Waals surface area (Å²) in [6.45, 7) is 8.09. The van der Waals surface area contributed by atoms with E-state index in [0.29, 0.717) is 22.8 Å². The highest BCUT2D eigenvalue weighted by Gasteiger charge is 2.25. The van der Waals surface area contributed by atoms with Crippen LogP contribution in [-0.4, -0.2) is 27.6 Å². The first-order chi connectivity index (χ1) is 15.7. The summed E-state index contributed by atoms with van der Waals surface area (Å²) >= 11 is 0. The maximum Gasteiger partial charge on any atom is 0.326 e. The predicted molar refractivity (Wildman–Crippen MR) is 128 cm³/mol. The third-order valence-electron chi connectivity index (χ3n) is 5.96. The number of rotatable bonds is 7. The van der Waals surface area contributed by atoms with Gasteiger partial charge >= 0.3 is 5.97 Å². The van der Waals surface area contributed by atoms with Crippen LogP contribution in [0.2, 0.25) is 0 Å². The Kier molecular flexibility index (Phi) is 6.09. The minimum absolute atomic E-state index is 0.0604. The molecule has 0 radical (unpaired) electrons. The molecule has 2 heterocycles. The first kappa shape index (κ1) is 22.4. The first-order valence-corrected chi connectivity index (χ1v) is 11.0. The third kappa shape index (κ3) is 4.55. The number of nitrogens with zero attached hydrogens (tertiary/aromatic N) is 1. The standard InChI is InChI=1S/C27H28N2O4/c1-16(2)19-9-7-10-21(13-19)29-17(3)12-23(18(29)4)26(30)28-24(27(31)32)15-22-14-20-8-5-6-11-25(20)33-22/h5-14,16,24H,15H2,1-4H3,(H,28,30)(H,31,32). The molecule has 33 heavy (non-hydrogen) atoms. The lowest BCUT2D eigenvalue weighted by molar-refractivity contribution is -0.139. The molecule has 0 saturated heterocycles. The average Bonchev–Trinajstić information content (AvgIpc) is 3.32. The molecule has 2 aromatic heterocycles. The number of carboxylic acids is 1. The fraction of sp³-hybridized carbons (Fsp3) is 0.259. The Morgan fingerprint density at radius 2 is 1.79 bits per heavy atom. The minimum Gasteiger partial charge on any atom is -0.480 e. The van der Waals surface area contributed by atoms with E-state index in [-0.39, 0.29) is 6.42 Å². The highest BCUT2D eigenvalue weighted by Crippen LogP contribution is 2.25. The Morgan fingerprint density at radius 1 is 1.03 bits per heavy atom. The molecule has 1 amide bonds. The largest absolute Gasteiger partial charge is 0.480 e. The van der Waals surface area contributed by atoms with Gasteiger partial charge in [-0.25, -0.2) is 4.79 Å². The van der Waals surface area contributed by atoms with Crippen LogP contribution < -0.4 is 5.32 Å². The lowest BCUT2D eigenvalue weighted by Gasteiger charge is -2.15. The van der Waals surface area contributed by atoms with Crippen molar-refractivity contribution in [3.8, 4) is 5.69 Å². The second kappa shape index (κ2) is 8.98. The second-order valence-electron chi connectivity index (χ2n) is 8.69. The molecule has 6 heteroatoms. The molecule has 0 fully saturated rings. The van der Waals surface area contributed by atoms with Crippen LogP contribution in [0, 0.1) is 13.8 Å². The molecule has 0 aliphatic heterocycles. The predicted octanol–water partition coefficient (Wildman–Crippen LogP) is 5.39. The van der Waals surface area contributed by atoms with Gasteiger partial charge in [0.25, 0.3) is 5.91 Å². The zero-order chi connectivity index (χ0) is 23.7. The number of aromatic nitrogens is 1. The number of aryl methyl sites for hydroxylation is 1. The van der Waals surface area contributed by atoms with Gasteiger partial charge in [-0.2, -0.15) is 0 Å². The van der Waals surface area contributed by atoms with Crippen molar-refractivity contribution in [2.75, 3.05) is 0 Å². The normalized spacial score (nSPS) is 12.3. The summed E-state index contributed by atoms with van der Waals surface area (Å²) < 4.78 is 7.78. The van der Waals surface area contributed by atoms with Crippen LogP contribution in [0.4, 0.5) is 0 Å². The van der Waals surface area contributed by atoms with Crippen molar-refractivity contribution >= 4 is 22.8 Å². The number of fused-ring (bicyclic) bond motifs is 1. The molecular formula is C27H28N2O4. The van der Waals surface area contributed by atoms with Crippen molar-refractivity contribution in [3.05, 3.63) is 88.9 Å². The SMILES string of the molecule is Cc1cc(C(=O)NC(Cc2cc3ccccc3o2)C(=O)O)c(C)n1-c1cccc(C(C)C)c1. The molecule has 0 saturated carbocycles. The Balaban J connectivity index is 1.58. The zero-order valence-electron chi connectivity index (χ0n) is 19.3. The number of hydrogen-bond donors (Lipinski definition) is 2. The summed E-state index contributed by atoms with van der Waals surface area (Å²) in [4.78, 5) is 25.0. The molecule has 4 rings (SSSR count). The summed E-state index contributed by atoms with van der Waals surface area (Å²) in [7, 11) is 0. The summed E-state index contributed by atoms with van der Waals surface area (Å²) in [6.07, 6.45) is 0.0604. The lowest BCUT2D eigenvalue weighted by Crippen LogP contribution is -2.42. The van der Waals surface area contributed by atoms with E-state index in [2.05, 4.69) is 31.3 Å². The van der Waals surface area contributed by atoms with E-state index in [1.165, 1.54) is 5.56 Å². The van der Waals surface area contributed by atoms with Crippen molar-refractivity contribution in [2.45, 2.75) is 46.1 Å². The number of carbonyl (C=O) groups is 2. The number of amides is 1. The van der Waals surface area contributed by atoms with Crippen molar-refractivity contribution in [1.29, 1.82) is 0 Å². The molecule has 2 aromatic carbocycles. The summed E-state index contributed by atoms with van der Waals surface area (Å²) in [5, 5.41) is 13.3. The topological polar surface area (TPSA) is 84.5 Å². The molecule has 1 atom stereocenters. The summed E-state index contributed by atoms with van der Waals surface area (Å²) in [6, 6.07) is 18.2. The van der Waals surface area contributed by atoms with Gasteiger partial charge in [-0.3, -0.25) is 4.79 Å². The van der Waals surface area contributed by atoms with Crippen LogP contribution in [-0.2, 0) is 11.2 Å². The van der Waals surface area contributed by atoms with Crippen LogP contribution in [0.1, 0.15) is 52.8 Å². The van der Waals surface area contributed by atoms with Gasteiger partial charge in [0.15, 0.2) is 0 Å². The number of hydrogen-bond acceptors (Lipinski definition) is 3. The van der Waals surface area contributed by atoms with E-state index in [0.717, 1.165) is 22.5 Å². The van der Waals surface area contributed by atoms with E-state index in [4.69, 9.17) is 4.42 Å². The van der Waals surface area contributed by atoms with Crippen molar-refractivity contribution in [2.24, 2.45) is 0 Å².